The quantitative estimate of drug-likeness (QED) is 0.447. The summed E-state index contributed by atoms with van der Waals surface area (Å²) in [5.74, 6) is 2.40. The fourth-order valence-electron chi connectivity index (χ4n) is 3.09. The van der Waals surface area contributed by atoms with Crippen molar-refractivity contribution in [3.8, 4) is 39.6 Å². The van der Waals surface area contributed by atoms with E-state index in [0.717, 1.165) is 41.3 Å². The maximum atomic E-state index is 11.0. The molecule has 0 amide bonds. The maximum absolute atomic E-state index is 11.0. The Balaban J connectivity index is 2.09. The van der Waals surface area contributed by atoms with Gasteiger partial charge in [0, 0.05) is 18.7 Å². The summed E-state index contributed by atoms with van der Waals surface area (Å²) in [6, 6.07) is 15.6. The lowest BCUT2D eigenvalue weighted by atomic mass is 10.0. The highest BCUT2D eigenvalue weighted by molar-refractivity contribution is 5.90. The van der Waals surface area contributed by atoms with Crippen LogP contribution >= 0.6 is 0 Å². The molecule has 0 saturated carbocycles. The predicted octanol–water partition coefficient (Wildman–Crippen LogP) is 5.67. The second-order valence-corrected chi connectivity index (χ2v) is 6.60. The molecule has 2 aromatic carbocycles. The number of benzene rings is 2. The zero-order valence-electron chi connectivity index (χ0n) is 16.7. The number of anilines is 1. The van der Waals surface area contributed by atoms with Gasteiger partial charge in [0.1, 0.15) is 17.3 Å². The first-order valence-electron chi connectivity index (χ1n) is 9.77. The third-order valence-corrected chi connectivity index (χ3v) is 4.40. The number of rotatable bonds is 9. The average molecular weight is 380 g/mol. The minimum Gasteiger partial charge on any atom is -0.505 e. The van der Waals surface area contributed by atoms with Crippen molar-refractivity contribution in [3.63, 3.8) is 0 Å². The van der Waals surface area contributed by atoms with Gasteiger partial charge < -0.3 is 24.9 Å². The Morgan fingerprint density at radius 2 is 1.50 bits per heavy atom. The van der Waals surface area contributed by atoms with Crippen molar-refractivity contribution >= 4 is 5.82 Å². The molecule has 0 unspecified atom stereocenters. The van der Waals surface area contributed by atoms with Crippen molar-refractivity contribution in [1.82, 2.24) is 4.98 Å². The van der Waals surface area contributed by atoms with Gasteiger partial charge in [0.2, 0.25) is 0 Å². The third kappa shape index (κ3) is 4.25. The van der Waals surface area contributed by atoms with E-state index in [2.05, 4.69) is 24.1 Å². The third-order valence-electron chi connectivity index (χ3n) is 4.40. The summed E-state index contributed by atoms with van der Waals surface area (Å²) < 4.78 is 11.7. The zero-order chi connectivity index (χ0) is 19.9. The fourth-order valence-corrected chi connectivity index (χ4v) is 3.09. The van der Waals surface area contributed by atoms with Gasteiger partial charge in [-0.3, -0.25) is 0 Å². The average Bonchev–Trinajstić information content (AvgIpc) is 3.07. The van der Waals surface area contributed by atoms with E-state index in [-0.39, 0.29) is 5.75 Å². The second-order valence-electron chi connectivity index (χ2n) is 6.60. The summed E-state index contributed by atoms with van der Waals surface area (Å²) >= 11 is 0. The van der Waals surface area contributed by atoms with E-state index < -0.39 is 0 Å². The smallest absolute Gasteiger partial charge is 0.151 e. The monoisotopic (exact) mass is 380 g/mol. The van der Waals surface area contributed by atoms with Gasteiger partial charge in [-0.25, -0.2) is 0 Å². The fraction of sp³-hybridized carbons (Fsp3) is 0.304. The van der Waals surface area contributed by atoms with Crippen LogP contribution in [0.1, 0.15) is 26.7 Å². The first-order valence-corrected chi connectivity index (χ1v) is 9.77. The van der Waals surface area contributed by atoms with Crippen LogP contribution in [-0.4, -0.2) is 30.4 Å². The molecule has 1 aromatic heterocycles. The van der Waals surface area contributed by atoms with Crippen molar-refractivity contribution in [3.05, 3.63) is 48.5 Å². The number of aromatic nitrogens is 1. The van der Waals surface area contributed by atoms with E-state index in [4.69, 9.17) is 9.47 Å². The molecule has 3 rings (SSSR count). The zero-order valence-corrected chi connectivity index (χ0v) is 16.7. The Labute approximate surface area is 166 Å². The largest absolute Gasteiger partial charge is 0.505 e. The Morgan fingerprint density at radius 3 is 2.04 bits per heavy atom. The molecule has 148 valence electrons. The Morgan fingerprint density at radius 1 is 0.893 bits per heavy atom. The van der Waals surface area contributed by atoms with Crippen molar-refractivity contribution in [2.75, 3.05) is 25.6 Å². The van der Waals surface area contributed by atoms with Crippen molar-refractivity contribution in [1.29, 1.82) is 0 Å². The van der Waals surface area contributed by atoms with Gasteiger partial charge in [0.25, 0.3) is 0 Å². The van der Waals surface area contributed by atoms with Gasteiger partial charge in [0.05, 0.1) is 24.5 Å². The van der Waals surface area contributed by atoms with Gasteiger partial charge in [-0.1, -0.05) is 44.2 Å². The van der Waals surface area contributed by atoms with Crippen LogP contribution in [0.2, 0.25) is 0 Å². The van der Waals surface area contributed by atoms with E-state index in [1.54, 1.807) is 0 Å². The molecule has 28 heavy (non-hydrogen) atoms. The highest BCUT2D eigenvalue weighted by Crippen LogP contribution is 2.45. The lowest BCUT2D eigenvalue weighted by molar-refractivity contribution is 0.302. The standard InChI is InChI=1S/C23H28N2O3/c1-4-11-27-18-13-17(14-19(15-18)28-12-5-2)20-22(26)21(25-23(20)24-3)16-9-7-6-8-10-16/h6-10,13-15,24-26H,4-5,11-12H2,1-3H3. The van der Waals surface area contributed by atoms with Crippen LogP contribution in [0.5, 0.6) is 17.2 Å². The number of nitrogens with one attached hydrogen (secondary N) is 2. The number of hydrogen-bond donors (Lipinski definition) is 3. The molecule has 0 spiro atoms. The highest BCUT2D eigenvalue weighted by Gasteiger charge is 2.20. The molecule has 0 radical (unpaired) electrons. The van der Waals surface area contributed by atoms with Gasteiger partial charge in [0.15, 0.2) is 5.75 Å². The molecule has 0 bridgehead atoms. The second kappa shape index (κ2) is 9.22. The molecular weight excluding hydrogens is 352 g/mol. The predicted molar refractivity (Wildman–Crippen MR) is 114 cm³/mol. The first kappa shape index (κ1) is 19.7. The van der Waals surface area contributed by atoms with E-state index in [0.29, 0.717) is 24.5 Å². The molecule has 3 N–H and O–H groups in total. The Bertz CT molecular complexity index is 877. The molecule has 0 atom stereocenters. The van der Waals surface area contributed by atoms with Crippen LogP contribution in [0, 0.1) is 0 Å². The molecule has 5 nitrogen and oxygen atoms in total. The SMILES string of the molecule is CCCOc1cc(OCCC)cc(-c2c(NC)[nH]c(-c3ccccc3)c2O)c1. The summed E-state index contributed by atoms with van der Waals surface area (Å²) in [6.45, 7) is 5.40. The normalized spacial score (nSPS) is 10.7. The summed E-state index contributed by atoms with van der Waals surface area (Å²) in [5.41, 5.74) is 3.13. The molecule has 0 saturated heterocycles. The van der Waals surface area contributed by atoms with E-state index in [9.17, 15) is 5.11 Å². The topological polar surface area (TPSA) is 66.5 Å². The van der Waals surface area contributed by atoms with Gasteiger partial charge in [-0.2, -0.15) is 0 Å². The van der Waals surface area contributed by atoms with Crippen LogP contribution in [-0.2, 0) is 0 Å². The number of hydrogen-bond acceptors (Lipinski definition) is 4. The van der Waals surface area contributed by atoms with Crippen molar-refractivity contribution < 1.29 is 14.6 Å². The first-order chi connectivity index (χ1) is 13.7. The molecule has 0 aliphatic heterocycles. The van der Waals surface area contributed by atoms with Crippen LogP contribution in [0.15, 0.2) is 48.5 Å². The molecule has 3 aromatic rings. The van der Waals surface area contributed by atoms with Crippen molar-refractivity contribution in [2.45, 2.75) is 26.7 Å². The summed E-state index contributed by atoms with van der Waals surface area (Å²) in [7, 11) is 1.83. The molecule has 0 aliphatic rings. The highest BCUT2D eigenvalue weighted by atomic mass is 16.5. The molecule has 0 fully saturated rings. The van der Waals surface area contributed by atoms with Gasteiger partial charge in [-0.15, -0.1) is 0 Å². The minimum absolute atomic E-state index is 0.199. The minimum atomic E-state index is 0.199. The van der Waals surface area contributed by atoms with E-state index in [1.165, 1.54) is 0 Å². The summed E-state index contributed by atoms with van der Waals surface area (Å²) in [5, 5.41) is 14.2. The van der Waals surface area contributed by atoms with Gasteiger partial charge in [-0.05, 0) is 30.5 Å². The van der Waals surface area contributed by atoms with Crippen LogP contribution < -0.4 is 14.8 Å². The molecule has 0 aliphatic carbocycles. The number of aromatic hydroxyl groups is 1. The van der Waals surface area contributed by atoms with Crippen LogP contribution in [0.4, 0.5) is 5.82 Å². The molecule has 1 heterocycles. The van der Waals surface area contributed by atoms with Crippen LogP contribution in [0.3, 0.4) is 0 Å². The van der Waals surface area contributed by atoms with Crippen molar-refractivity contribution in [2.24, 2.45) is 0 Å². The van der Waals surface area contributed by atoms with E-state index >= 15 is 0 Å². The molecule has 5 heteroatoms. The lowest BCUT2D eigenvalue weighted by Crippen LogP contribution is -1.99. The molecular formula is C23H28N2O3. The van der Waals surface area contributed by atoms with E-state index in [1.807, 2.05) is 55.6 Å². The Kier molecular flexibility index (Phi) is 6.48. The lowest BCUT2D eigenvalue weighted by Gasteiger charge is -2.12. The van der Waals surface area contributed by atoms with Gasteiger partial charge >= 0.3 is 0 Å². The number of H-pyrrole nitrogens is 1. The van der Waals surface area contributed by atoms with Crippen LogP contribution in [0.25, 0.3) is 22.4 Å². The summed E-state index contributed by atoms with van der Waals surface area (Å²) in [6.07, 6.45) is 1.84. The number of aromatic amines is 1. The maximum Gasteiger partial charge on any atom is 0.151 e. The summed E-state index contributed by atoms with van der Waals surface area (Å²) in [4.78, 5) is 3.30. The Hall–Kier alpha value is -3.08. The number of ether oxygens (including phenoxy) is 2.